The van der Waals surface area contributed by atoms with E-state index in [1.807, 2.05) is 0 Å². The lowest BCUT2D eigenvalue weighted by Gasteiger charge is -2.24. The lowest BCUT2D eigenvalue weighted by molar-refractivity contribution is -0.276. The van der Waals surface area contributed by atoms with Gasteiger partial charge in [-0.2, -0.15) is 0 Å². The molecule has 192 valence electrons. The maximum atomic E-state index is 15.1. The fraction of sp³-hybridized carbons (Fsp3) is 0.304. The molecule has 13 heteroatoms. The number of carbonyl (C=O) groups excluding carboxylic acids is 2. The summed E-state index contributed by atoms with van der Waals surface area (Å²) in [5.74, 6) is 3.25. The van der Waals surface area contributed by atoms with E-state index in [-0.39, 0.29) is 62.0 Å². The second kappa shape index (κ2) is 10.8. The number of hydrogen-bond acceptors (Lipinski definition) is 8. The zero-order valence-corrected chi connectivity index (χ0v) is 19.3. The van der Waals surface area contributed by atoms with E-state index in [9.17, 15) is 14.7 Å². The quantitative estimate of drug-likeness (QED) is 0.387. The van der Waals surface area contributed by atoms with Crippen molar-refractivity contribution in [3.8, 4) is 5.75 Å². The molecule has 1 atom stereocenters. The van der Waals surface area contributed by atoms with Gasteiger partial charge in [0, 0.05) is 25.2 Å². The minimum absolute atomic E-state index is 0.00520. The number of anilines is 2. The van der Waals surface area contributed by atoms with Crippen molar-refractivity contribution in [1.82, 2.24) is 10.1 Å². The predicted molar refractivity (Wildman–Crippen MR) is 124 cm³/mol. The first-order valence-corrected chi connectivity index (χ1v) is 11.2. The Morgan fingerprint density at radius 2 is 1.94 bits per heavy atom. The van der Waals surface area contributed by atoms with Crippen LogP contribution in [0.2, 0.25) is 0 Å². The highest BCUT2D eigenvalue weighted by molar-refractivity contribution is 5.96. The first kappa shape index (κ1) is 25.2. The van der Waals surface area contributed by atoms with Crippen LogP contribution < -0.4 is 21.4 Å². The maximum Gasteiger partial charge on any atom is 0.414 e. The monoisotopic (exact) mass is 505 g/mol. The highest BCUT2D eigenvalue weighted by Gasteiger charge is 2.34. The Morgan fingerprint density at radius 3 is 2.64 bits per heavy atom. The Kier molecular flexibility index (Phi) is 7.52. The number of benzene rings is 2. The van der Waals surface area contributed by atoms with Gasteiger partial charge in [0.15, 0.2) is 11.6 Å². The van der Waals surface area contributed by atoms with Gasteiger partial charge in [-0.05, 0) is 12.1 Å². The molecule has 2 saturated heterocycles. The zero-order chi connectivity index (χ0) is 25.8. The van der Waals surface area contributed by atoms with Gasteiger partial charge in [0.05, 0.1) is 43.7 Å². The Balaban J connectivity index is 1.46. The van der Waals surface area contributed by atoms with Crippen molar-refractivity contribution >= 4 is 23.4 Å². The van der Waals surface area contributed by atoms with Crippen molar-refractivity contribution in [1.29, 1.82) is 0 Å². The second-order valence-electron chi connectivity index (χ2n) is 8.20. The van der Waals surface area contributed by atoms with Gasteiger partial charge in [-0.25, -0.2) is 24.5 Å². The van der Waals surface area contributed by atoms with Gasteiger partial charge in [-0.3, -0.25) is 14.5 Å². The molecular formula is C23H27F2N6O5+. The molecule has 2 aliphatic heterocycles. The first-order valence-electron chi connectivity index (χ1n) is 11.2. The van der Waals surface area contributed by atoms with Crippen molar-refractivity contribution in [3.05, 3.63) is 66.0 Å². The van der Waals surface area contributed by atoms with Crippen LogP contribution >= 0.6 is 0 Å². The summed E-state index contributed by atoms with van der Waals surface area (Å²) in [6, 6.07) is 8.16. The molecular weight excluding hydrogens is 478 g/mol. The van der Waals surface area contributed by atoms with Crippen molar-refractivity contribution in [3.63, 3.8) is 0 Å². The van der Waals surface area contributed by atoms with Crippen LogP contribution in [0.5, 0.6) is 5.75 Å². The summed E-state index contributed by atoms with van der Waals surface area (Å²) in [6.45, 7) is 0.421. The molecule has 0 saturated carbocycles. The molecule has 36 heavy (non-hydrogen) atoms. The molecule has 4 rings (SSSR count). The number of cyclic esters (lactones) is 1. The summed E-state index contributed by atoms with van der Waals surface area (Å²) in [6.07, 6.45) is 1.65. The van der Waals surface area contributed by atoms with E-state index in [2.05, 4.69) is 5.73 Å². The fourth-order valence-electron chi connectivity index (χ4n) is 4.09. The first-order chi connectivity index (χ1) is 17.3. The highest BCUT2D eigenvalue weighted by Crippen LogP contribution is 2.31. The van der Waals surface area contributed by atoms with Gasteiger partial charge in [-0.15, -0.1) is 0 Å². The van der Waals surface area contributed by atoms with E-state index >= 15 is 8.78 Å². The molecule has 0 bridgehead atoms. The van der Waals surface area contributed by atoms with Gasteiger partial charge < -0.3 is 25.5 Å². The van der Waals surface area contributed by atoms with Crippen LogP contribution in [-0.4, -0.2) is 72.6 Å². The van der Waals surface area contributed by atoms with Crippen molar-refractivity contribution in [2.45, 2.75) is 6.10 Å². The van der Waals surface area contributed by atoms with Crippen LogP contribution in [0.15, 0.2) is 48.8 Å². The molecule has 2 fully saturated rings. The number of quaternary nitrogens is 1. The number of aromatic hydroxyl groups is 1. The number of para-hydroxylation sites is 1. The molecule has 0 aromatic heterocycles. The molecule has 11 nitrogen and oxygen atoms in total. The Bertz CT molecular complexity index is 1140. The van der Waals surface area contributed by atoms with E-state index in [1.54, 1.807) is 12.1 Å². The number of amides is 2. The van der Waals surface area contributed by atoms with Crippen molar-refractivity contribution in [2.75, 3.05) is 49.1 Å². The molecule has 1 unspecified atom stereocenters. The van der Waals surface area contributed by atoms with Crippen LogP contribution in [0, 0.1) is 11.6 Å². The largest absolute Gasteiger partial charge is 0.507 e. The van der Waals surface area contributed by atoms with Crippen molar-refractivity contribution in [2.24, 2.45) is 5.84 Å². The number of hydrogen-bond donors (Lipinski definition) is 3. The smallest absolute Gasteiger partial charge is 0.414 e. The van der Waals surface area contributed by atoms with Gasteiger partial charge in [0.25, 0.3) is 5.91 Å². The number of carbonyl (C=O) groups is 2. The number of halogens is 2. The molecule has 2 heterocycles. The third-order valence-corrected chi connectivity index (χ3v) is 5.76. The number of rotatable bonds is 6. The Morgan fingerprint density at radius 1 is 1.22 bits per heavy atom. The van der Waals surface area contributed by atoms with Crippen LogP contribution in [0.3, 0.4) is 0 Å². The molecule has 0 aliphatic carbocycles. The molecule has 2 aromatic rings. The molecule has 2 amide bonds. The Hall–Kier alpha value is -3.94. The third kappa shape index (κ3) is 5.32. The second-order valence-corrected chi connectivity index (χ2v) is 8.20. The third-order valence-electron chi connectivity index (χ3n) is 5.76. The number of nitrogens with zero attached hydrogens (tertiary/aromatic N) is 4. The van der Waals surface area contributed by atoms with E-state index in [1.165, 1.54) is 34.4 Å². The molecule has 6 N–H and O–H groups in total. The number of phenolic OH excluding ortho intramolecular Hbond substituents is 1. The fourth-order valence-corrected chi connectivity index (χ4v) is 4.09. The van der Waals surface area contributed by atoms with E-state index in [4.69, 9.17) is 15.4 Å². The average molecular weight is 506 g/mol. The summed E-state index contributed by atoms with van der Waals surface area (Å²) in [4.78, 5) is 33.1. The minimum Gasteiger partial charge on any atom is -0.507 e. The molecule has 0 spiro atoms. The number of hydrazine groups is 1. The standard InChI is InChI=1S/C23H26F2N6O5/c24-18-11-15(30-14-16(36-23(30)34)13-29(27)6-5-26)12-19(25)21(18)28-7-8-31(35-10-9-28)22(33)17-3-1-2-4-20(17)32/h1-6,11-12,16,32H,7-10,13-14,26-27H2/p+1. The average Bonchev–Trinajstić information content (AvgIpc) is 3.03. The summed E-state index contributed by atoms with van der Waals surface area (Å²) in [7, 11) is 0. The van der Waals surface area contributed by atoms with E-state index in [0.717, 1.165) is 22.1 Å². The van der Waals surface area contributed by atoms with Gasteiger partial charge >= 0.3 is 6.09 Å². The van der Waals surface area contributed by atoms with Crippen LogP contribution in [0.4, 0.5) is 25.0 Å². The van der Waals surface area contributed by atoms with Crippen LogP contribution in [-0.2, 0) is 9.57 Å². The van der Waals surface area contributed by atoms with Gasteiger partial charge in [0.1, 0.15) is 23.7 Å². The summed E-state index contributed by atoms with van der Waals surface area (Å²) in [5, 5.41) is 12.3. The summed E-state index contributed by atoms with van der Waals surface area (Å²) >= 11 is 0. The number of ether oxygens (including phenoxy) is 1. The number of nitrogens with two attached hydrogens (primary N) is 1. The lowest BCUT2D eigenvalue weighted by atomic mass is 10.2. The lowest BCUT2D eigenvalue weighted by Crippen LogP contribution is -2.42. The Labute approximate surface area is 205 Å². The SMILES string of the molecule is NN(C=C[NH3+])CC1CN(c2cc(F)c(N3CCON(C(=O)c4ccccc4O)CC3)c(F)c2)C(=O)O1. The summed E-state index contributed by atoms with van der Waals surface area (Å²) in [5.41, 5.74) is 3.31. The predicted octanol–water partition coefficient (Wildman–Crippen LogP) is 0.778. The molecule has 0 radical (unpaired) electrons. The van der Waals surface area contributed by atoms with Crippen LogP contribution in [0.25, 0.3) is 0 Å². The molecule has 2 aliphatic rings. The number of phenols is 1. The minimum atomic E-state index is -0.873. The summed E-state index contributed by atoms with van der Waals surface area (Å²) < 4.78 is 35.5. The van der Waals surface area contributed by atoms with Crippen molar-refractivity contribution < 1.29 is 38.8 Å². The van der Waals surface area contributed by atoms with E-state index in [0.29, 0.717) is 0 Å². The van der Waals surface area contributed by atoms with Gasteiger partial charge in [0.2, 0.25) is 0 Å². The van der Waals surface area contributed by atoms with Crippen LogP contribution in [0.1, 0.15) is 10.4 Å². The highest BCUT2D eigenvalue weighted by atomic mass is 19.1. The zero-order valence-electron chi connectivity index (χ0n) is 19.3. The van der Waals surface area contributed by atoms with E-state index < -0.39 is 29.7 Å². The molecule has 2 aromatic carbocycles. The maximum absolute atomic E-state index is 15.1. The topological polar surface area (TPSA) is 139 Å². The van der Waals surface area contributed by atoms with Gasteiger partial charge in [-0.1, -0.05) is 12.1 Å². The normalized spacial score (nSPS) is 18.5. The number of hydroxylamine groups is 2.